The number of hydrogen-bond donors (Lipinski definition) is 0. The Morgan fingerprint density at radius 3 is 2.44 bits per heavy atom. The average Bonchev–Trinajstić information content (AvgIpc) is 2.30. The van der Waals surface area contributed by atoms with Gasteiger partial charge in [0.1, 0.15) is 15.7 Å². The van der Waals surface area contributed by atoms with Crippen molar-refractivity contribution in [1.29, 1.82) is 0 Å². The molecule has 18 heavy (non-hydrogen) atoms. The molecular formula is C11H14B2O4P+. The zero-order valence-electron chi connectivity index (χ0n) is 10.4. The molecule has 92 valence electrons. The molecule has 0 N–H and O–H groups in total. The van der Waals surface area contributed by atoms with Gasteiger partial charge in [-0.2, -0.15) is 0 Å². The Hall–Kier alpha value is -0.830. The summed E-state index contributed by atoms with van der Waals surface area (Å²) in [6.45, 7) is 1.83. The van der Waals surface area contributed by atoms with E-state index in [0.29, 0.717) is 12.2 Å². The normalized spacial score (nSPS) is 14.0. The van der Waals surface area contributed by atoms with Crippen molar-refractivity contribution in [1.82, 2.24) is 0 Å². The van der Waals surface area contributed by atoms with Crippen LogP contribution in [0.25, 0.3) is 0 Å². The van der Waals surface area contributed by atoms with Crippen molar-refractivity contribution in [3.63, 3.8) is 0 Å². The van der Waals surface area contributed by atoms with E-state index in [1.165, 1.54) is 7.11 Å². The number of methoxy groups -OCH3 is 1. The molecule has 0 amide bonds. The van der Waals surface area contributed by atoms with E-state index >= 15 is 0 Å². The van der Waals surface area contributed by atoms with Gasteiger partial charge in [-0.25, -0.2) is 4.52 Å². The first-order valence-corrected chi connectivity index (χ1v) is 6.59. The van der Waals surface area contributed by atoms with Gasteiger partial charge in [0.2, 0.25) is 0 Å². The smallest absolute Gasteiger partial charge is 0.380 e. The largest absolute Gasteiger partial charge is 0.749 e. The molecule has 1 aromatic rings. The van der Waals surface area contributed by atoms with Gasteiger partial charge >= 0.3 is 8.25 Å². The second-order valence-corrected chi connectivity index (χ2v) is 4.52. The van der Waals surface area contributed by atoms with Crippen molar-refractivity contribution in [3.05, 3.63) is 30.3 Å². The quantitative estimate of drug-likeness (QED) is 0.558. The van der Waals surface area contributed by atoms with Crippen molar-refractivity contribution in [2.45, 2.75) is 24.8 Å². The highest BCUT2D eigenvalue weighted by molar-refractivity contribution is 7.34. The van der Waals surface area contributed by atoms with Crippen LogP contribution >= 0.6 is 8.25 Å². The third-order valence-corrected chi connectivity index (χ3v) is 3.14. The molecule has 0 saturated carbocycles. The Morgan fingerprint density at radius 1 is 1.33 bits per heavy atom. The minimum atomic E-state index is -2.47. The molecule has 0 saturated heterocycles. The fourth-order valence-corrected chi connectivity index (χ4v) is 2.15. The van der Waals surface area contributed by atoms with Crippen LogP contribution in [0.4, 0.5) is 0 Å². The zero-order chi connectivity index (χ0) is 13.6. The van der Waals surface area contributed by atoms with Crippen molar-refractivity contribution in [2.75, 3.05) is 7.11 Å². The predicted molar refractivity (Wildman–Crippen MR) is 71.1 cm³/mol. The fraction of sp³-hybridized carbons (Fsp3) is 0.455. The lowest BCUT2D eigenvalue weighted by Gasteiger charge is -2.27. The van der Waals surface area contributed by atoms with Crippen LogP contribution in [0.2, 0.25) is 0 Å². The van der Waals surface area contributed by atoms with Gasteiger partial charge in [-0.3, -0.25) is 0 Å². The van der Waals surface area contributed by atoms with Gasteiger partial charge in [0.15, 0.2) is 5.75 Å². The summed E-state index contributed by atoms with van der Waals surface area (Å²) in [4.78, 5) is 0. The monoisotopic (exact) mass is 263 g/mol. The summed E-state index contributed by atoms with van der Waals surface area (Å²) in [5, 5.41) is -1.66. The SMILES string of the molecule is [B]C([B])(O[P+](=O)Oc1ccccc1)C(CC)OC. The van der Waals surface area contributed by atoms with E-state index in [2.05, 4.69) is 0 Å². The predicted octanol–water partition coefficient (Wildman–Crippen LogP) is 2.16. The number of ether oxygens (including phenoxy) is 1. The second kappa shape index (κ2) is 6.93. The van der Waals surface area contributed by atoms with E-state index in [-0.39, 0.29) is 0 Å². The van der Waals surface area contributed by atoms with Crippen LogP contribution in [0, 0.1) is 0 Å². The highest BCUT2D eigenvalue weighted by Gasteiger charge is 2.39. The molecule has 0 heterocycles. The van der Waals surface area contributed by atoms with Gasteiger partial charge in [0.05, 0.1) is 11.5 Å². The highest BCUT2D eigenvalue weighted by Crippen LogP contribution is 2.33. The Balaban J connectivity index is 2.59. The molecule has 1 rings (SSSR count). The molecule has 0 bridgehead atoms. The highest BCUT2D eigenvalue weighted by atomic mass is 31.1. The van der Waals surface area contributed by atoms with Crippen LogP contribution in [-0.4, -0.2) is 34.3 Å². The Kier molecular flexibility index (Phi) is 5.86. The maximum atomic E-state index is 11.7. The molecule has 7 heteroatoms. The minimum Gasteiger partial charge on any atom is -0.380 e. The van der Waals surface area contributed by atoms with Gasteiger partial charge in [0.25, 0.3) is 0 Å². The average molecular weight is 263 g/mol. The van der Waals surface area contributed by atoms with Crippen LogP contribution in [0.1, 0.15) is 13.3 Å². The van der Waals surface area contributed by atoms with Crippen molar-refractivity contribution >= 4 is 23.9 Å². The first kappa shape index (κ1) is 15.2. The van der Waals surface area contributed by atoms with Crippen LogP contribution in [0.15, 0.2) is 30.3 Å². The van der Waals surface area contributed by atoms with Crippen LogP contribution in [-0.2, 0) is 13.8 Å². The van der Waals surface area contributed by atoms with Crippen molar-refractivity contribution < 1.29 is 18.3 Å². The molecule has 0 aliphatic heterocycles. The van der Waals surface area contributed by atoms with Gasteiger partial charge in [0, 0.05) is 11.7 Å². The lowest BCUT2D eigenvalue weighted by molar-refractivity contribution is 0.0154. The van der Waals surface area contributed by atoms with E-state index in [1.54, 1.807) is 24.3 Å². The molecule has 0 fully saturated rings. The summed E-state index contributed by atoms with van der Waals surface area (Å²) in [5.74, 6) is 0.417. The van der Waals surface area contributed by atoms with Crippen molar-refractivity contribution in [2.24, 2.45) is 0 Å². The molecule has 2 unspecified atom stereocenters. The topological polar surface area (TPSA) is 44.8 Å². The summed E-state index contributed by atoms with van der Waals surface area (Å²) in [6.07, 6.45) is -0.0475. The molecule has 0 aromatic heterocycles. The van der Waals surface area contributed by atoms with Gasteiger partial charge in [-0.05, 0) is 18.6 Å². The fourth-order valence-electron chi connectivity index (χ4n) is 1.44. The van der Waals surface area contributed by atoms with E-state index < -0.39 is 19.8 Å². The van der Waals surface area contributed by atoms with Crippen LogP contribution in [0.5, 0.6) is 5.75 Å². The van der Waals surface area contributed by atoms with Crippen LogP contribution in [0.3, 0.4) is 0 Å². The maximum Gasteiger partial charge on any atom is 0.749 e. The van der Waals surface area contributed by atoms with Crippen LogP contribution < -0.4 is 4.52 Å². The third-order valence-electron chi connectivity index (χ3n) is 2.31. The molecule has 4 radical (unpaired) electrons. The Morgan fingerprint density at radius 2 is 1.94 bits per heavy atom. The summed E-state index contributed by atoms with van der Waals surface area (Å²) in [5.41, 5.74) is 0. The van der Waals surface area contributed by atoms with E-state index in [1.807, 2.05) is 13.0 Å². The summed E-state index contributed by atoms with van der Waals surface area (Å²) in [7, 11) is 10.4. The zero-order valence-corrected chi connectivity index (χ0v) is 11.3. The van der Waals surface area contributed by atoms with Gasteiger partial charge in [-0.15, -0.1) is 4.52 Å². The van der Waals surface area contributed by atoms with E-state index in [9.17, 15) is 4.57 Å². The lowest BCUT2D eigenvalue weighted by Crippen LogP contribution is -2.45. The number of benzene rings is 1. The summed E-state index contributed by atoms with van der Waals surface area (Å²) < 4.78 is 26.8. The summed E-state index contributed by atoms with van der Waals surface area (Å²) in [6, 6.07) is 8.62. The molecule has 0 aliphatic rings. The standard InChI is InChI=1S/C11H14B2O4P/c1-3-10(15-2)11(12,13)17-18(14)16-9-7-5-4-6-8-9/h4-8,10H,3H2,1-2H3/q+1. The Labute approximate surface area is 111 Å². The molecule has 2 atom stereocenters. The molecule has 4 nitrogen and oxygen atoms in total. The Bertz CT molecular complexity index is 382. The van der Waals surface area contributed by atoms with Gasteiger partial charge in [-0.1, -0.05) is 25.1 Å². The number of para-hydroxylation sites is 1. The first-order valence-electron chi connectivity index (χ1n) is 5.49. The number of rotatable bonds is 7. The van der Waals surface area contributed by atoms with Crippen molar-refractivity contribution in [3.8, 4) is 5.75 Å². The maximum absolute atomic E-state index is 11.7. The number of hydrogen-bond acceptors (Lipinski definition) is 4. The van der Waals surface area contributed by atoms with Gasteiger partial charge < -0.3 is 4.74 Å². The summed E-state index contributed by atoms with van der Waals surface area (Å²) >= 11 is 0. The minimum absolute atomic E-state index is 0.417. The first-order chi connectivity index (χ1) is 8.49. The second-order valence-electron chi connectivity index (χ2n) is 3.71. The lowest BCUT2D eigenvalue weighted by atomic mass is 9.61. The van der Waals surface area contributed by atoms with E-state index in [0.717, 1.165) is 0 Å². The molecule has 0 spiro atoms. The molecule has 1 aromatic carbocycles. The van der Waals surface area contributed by atoms with E-state index in [4.69, 9.17) is 29.5 Å². The molecular weight excluding hydrogens is 249 g/mol. The molecule has 0 aliphatic carbocycles. The third kappa shape index (κ3) is 4.45.